The summed E-state index contributed by atoms with van der Waals surface area (Å²) in [7, 11) is 1.00. The molecule has 0 spiro atoms. The lowest BCUT2D eigenvalue weighted by Crippen LogP contribution is -2.38. The van der Waals surface area contributed by atoms with Crippen LogP contribution in [-0.4, -0.2) is 36.0 Å². The summed E-state index contributed by atoms with van der Waals surface area (Å²) >= 11 is 1.42. The number of halogens is 3. The molecule has 1 saturated heterocycles. The van der Waals surface area contributed by atoms with Crippen molar-refractivity contribution in [3.8, 4) is 0 Å². The quantitative estimate of drug-likeness (QED) is 0.836. The van der Waals surface area contributed by atoms with E-state index in [4.69, 9.17) is 9.84 Å². The molecule has 23 heavy (non-hydrogen) atoms. The molecule has 3 nitrogen and oxygen atoms in total. The molecule has 1 fully saturated rings. The van der Waals surface area contributed by atoms with Crippen LogP contribution in [0.15, 0.2) is 29.2 Å². The van der Waals surface area contributed by atoms with Crippen LogP contribution in [0.25, 0.3) is 0 Å². The molecular weight excluding hydrogens is 329 g/mol. The van der Waals surface area contributed by atoms with Crippen molar-refractivity contribution < 1.29 is 27.8 Å². The largest absolute Gasteiger partial charge is 0.416 e. The van der Waals surface area contributed by atoms with Gasteiger partial charge in [-0.25, -0.2) is 0 Å². The first kappa shape index (κ1) is 20.0. The average molecular weight is 350 g/mol. The predicted molar refractivity (Wildman–Crippen MR) is 83.5 cm³/mol. The Hall–Kier alpha value is -1.05. The number of ether oxygens (including phenoxy) is 1. The number of carbonyl (C=O) groups excluding carboxylic acids is 1. The number of hydrogen-bond donors (Lipinski definition) is 1. The second kappa shape index (κ2) is 8.70. The van der Waals surface area contributed by atoms with Gasteiger partial charge in [-0.3, -0.25) is 0 Å². The Morgan fingerprint density at radius 2 is 2.13 bits per heavy atom. The zero-order valence-electron chi connectivity index (χ0n) is 13.1. The van der Waals surface area contributed by atoms with E-state index in [-0.39, 0.29) is 4.75 Å². The molecule has 0 aromatic heterocycles. The van der Waals surface area contributed by atoms with Gasteiger partial charge < -0.3 is 14.6 Å². The summed E-state index contributed by atoms with van der Waals surface area (Å²) in [5.41, 5.74) is -0.641. The molecule has 2 rings (SSSR count). The van der Waals surface area contributed by atoms with E-state index in [9.17, 15) is 18.0 Å². The number of aldehydes is 1. The molecule has 1 heterocycles. The number of aliphatic hydroxyl groups is 1. The summed E-state index contributed by atoms with van der Waals surface area (Å²) in [5, 5.41) is 7.00. The Morgan fingerprint density at radius 1 is 1.43 bits per heavy atom. The summed E-state index contributed by atoms with van der Waals surface area (Å²) in [5.74, 6) is 0. The van der Waals surface area contributed by atoms with E-state index in [1.807, 2.05) is 6.92 Å². The molecule has 1 aromatic carbocycles. The molecule has 1 N–H and O–H groups in total. The third kappa shape index (κ3) is 5.51. The Kier molecular flexibility index (Phi) is 7.57. The van der Waals surface area contributed by atoms with Gasteiger partial charge in [0.2, 0.25) is 0 Å². The van der Waals surface area contributed by atoms with Gasteiger partial charge in [0.05, 0.1) is 5.56 Å². The highest BCUT2D eigenvalue weighted by atomic mass is 32.2. The van der Waals surface area contributed by atoms with Crippen LogP contribution in [0.1, 0.15) is 31.7 Å². The number of hydrogen-bond acceptors (Lipinski definition) is 4. The summed E-state index contributed by atoms with van der Waals surface area (Å²) in [6, 6.07) is 5.35. The molecule has 1 aliphatic rings. The van der Waals surface area contributed by atoms with Crippen molar-refractivity contribution in [2.75, 3.05) is 13.7 Å². The molecule has 2 unspecified atom stereocenters. The first-order valence-corrected chi connectivity index (χ1v) is 8.08. The van der Waals surface area contributed by atoms with Crippen molar-refractivity contribution in [3.63, 3.8) is 0 Å². The Bertz CT molecular complexity index is 508. The lowest BCUT2D eigenvalue weighted by Gasteiger charge is -2.38. The van der Waals surface area contributed by atoms with E-state index >= 15 is 0 Å². The van der Waals surface area contributed by atoms with Crippen molar-refractivity contribution in [2.24, 2.45) is 0 Å². The predicted octanol–water partition coefficient (Wildman–Crippen LogP) is 3.93. The Balaban J connectivity index is 0.00000127. The minimum absolute atomic E-state index is 0.242. The van der Waals surface area contributed by atoms with E-state index in [0.29, 0.717) is 17.9 Å². The summed E-state index contributed by atoms with van der Waals surface area (Å²) in [6.07, 6.45) is -1.98. The number of rotatable bonds is 4. The lowest BCUT2D eigenvalue weighted by molar-refractivity contribution is -0.137. The minimum atomic E-state index is -4.34. The maximum Gasteiger partial charge on any atom is 0.416 e. The first-order valence-electron chi connectivity index (χ1n) is 7.26. The van der Waals surface area contributed by atoms with Crippen LogP contribution >= 0.6 is 11.8 Å². The second-order valence-electron chi connectivity index (χ2n) is 5.16. The topological polar surface area (TPSA) is 46.5 Å². The van der Waals surface area contributed by atoms with Crippen LogP contribution in [0.2, 0.25) is 0 Å². The zero-order chi connectivity index (χ0) is 17.5. The molecule has 1 aromatic rings. The van der Waals surface area contributed by atoms with E-state index in [1.165, 1.54) is 23.9 Å². The minimum Gasteiger partial charge on any atom is -0.400 e. The first-order chi connectivity index (χ1) is 10.9. The molecule has 0 aliphatic carbocycles. The molecule has 0 amide bonds. The fraction of sp³-hybridized carbons (Fsp3) is 0.562. The third-order valence-corrected chi connectivity index (χ3v) is 5.34. The summed E-state index contributed by atoms with van der Waals surface area (Å²) < 4.78 is 43.4. The van der Waals surface area contributed by atoms with Crippen LogP contribution < -0.4 is 0 Å². The highest BCUT2D eigenvalue weighted by Crippen LogP contribution is 2.45. The Morgan fingerprint density at radius 3 is 2.70 bits per heavy atom. The fourth-order valence-corrected chi connectivity index (χ4v) is 3.89. The average Bonchev–Trinajstić information content (AvgIpc) is 2.56. The molecule has 7 heteroatoms. The number of aliphatic hydroxyl groups excluding tert-OH is 1. The van der Waals surface area contributed by atoms with Gasteiger partial charge in [-0.15, -0.1) is 11.8 Å². The fourth-order valence-electron chi connectivity index (χ4n) is 2.48. The van der Waals surface area contributed by atoms with Crippen molar-refractivity contribution in [1.29, 1.82) is 0 Å². The van der Waals surface area contributed by atoms with Crippen molar-refractivity contribution in [2.45, 2.75) is 48.1 Å². The van der Waals surface area contributed by atoms with E-state index in [2.05, 4.69) is 0 Å². The van der Waals surface area contributed by atoms with Crippen LogP contribution in [0.5, 0.6) is 0 Å². The van der Waals surface area contributed by atoms with Gasteiger partial charge in [0.25, 0.3) is 0 Å². The summed E-state index contributed by atoms with van der Waals surface area (Å²) in [6.45, 7) is 2.46. The molecule has 0 radical (unpaired) electrons. The van der Waals surface area contributed by atoms with Gasteiger partial charge in [-0.05, 0) is 37.5 Å². The summed E-state index contributed by atoms with van der Waals surface area (Å²) in [4.78, 5) is 11.5. The maximum atomic E-state index is 12.8. The van der Waals surface area contributed by atoms with E-state index in [0.717, 1.165) is 32.3 Å². The van der Waals surface area contributed by atoms with Gasteiger partial charge in [-0.2, -0.15) is 13.2 Å². The number of alkyl halides is 3. The lowest BCUT2D eigenvalue weighted by atomic mass is 9.92. The van der Waals surface area contributed by atoms with Gasteiger partial charge >= 0.3 is 6.18 Å². The van der Waals surface area contributed by atoms with E-state index < -0.39 is 17.8 Å². The van der Waals surface area contributed by atoms with Gasteiger partial charge in [0.1, 0.15) is 12.4 Å². The highest BCUT2D eigenvalue weighted by molar-refractivity contribution is 8.00. The van der Waals surface area contributed by atoms with Crippen LogP contribution in [-0.2, 0) is 15.7 Å². The van der Waals surface area contributed by atoms with Crippen LogP contribution in [0, 0.1) is 0 Å². The number of thioether (sulfide) groups is 1. The third-order valence-electron chi connectivity index (χ3n) is 3.75. The van der Waals surface area contributed by atoms with Crippen LogP contribution in [0.3, 0.4) is 0 Å². The standard InChI is InChI=1S/C15H17F3O2S.CH4O/c1-2-14(6-7-20-12(9-14)10-19)21-13-5-3-4-11(8-13)15(16,17)18;1-2/h3-5,8,10,12H,2,6-7,9H2,1H3;2H,1H3. The molecule has 1 aliphatic heterocycles. The van der Waals surface area contributed by atoms with Crippen LogP contribution in [0.4, 0.5) is 13.2 Å². The molecular formula is C16H21F3O3S. The molecule has 130 valence electrons. The molecule has 2 atom stereocenters. The monoisotopic (exact) mass is 350 g/mol. The van der Waals surface area contributed by atoms with Gasteiger partial charge in [0, 0.05) is 23.4 Å². The SMILES string of the molecule is CCC1(Sc2cccc(C(F)(F)F)c2)CCOC(C=O)C1.CO. The van der Waals surface area contributed by atoms with Gasteiger partial charge in [0.15, 0.2) is 0 Å². The highest BCUT2D eigenvalue weighted by Gasteiger charge is 2.37. The molecule has 0 bridgehead atoms. The Labute approximate surface area is 138 Å². The van der Waals surface area contributed by atoms with Crippen molar-refractivity contribution in [3.05, 3.63) is 29.8 Å². The number of benzene rings is 1. The van der Waals surface area contributed by atoms with Gasteiger partial charge in [-0.1, -0.05) is 13.0 Å². The maximum absolute atomic E-state index is 12.8. The second-order valence-corrected chi connectivity index (χ2v) is 6.71. The molecule has 0 saturated carbocycles. The van der Waals surface area contributed by atoms with Crippen molar-refractivity contribution >= 4 is 18.0 Å². The zero-order valence-corrected chi connectivity index (χ0v) is 13.9. The van der Waals surface area contributed by atoms with E-state index in [1.54, 1.807) is 6.07 Å². The number of carbonyl (C=O) groups is 1. The smallest absolute Gasteiger partial charge is 0.400 e. The van der Waals surface area contributed by atoms with Crippen molar-refractivity contribution in [1.82, 2.24) is 0 Å². The normalized spacial score (nSPS) is 24.5.